The van der Waals surface area contributed by atoms with Crippen molar-refractivity contribution >= 4 is 45.8 Å². The van der Waals surface area contributed by atoms with E-state index in [2.05, 4.69) is 15.6 Å². The van der Waals surface area contributed by atoms with Gasteiger partial charge in [0.15, 0.2) is 5.13 Å². The average Bonchev–Trinajstić information content (AvgIpc) is 3.43. The first-order chi connectivity index (χ1) is 15.0. The molecule has 0 aliphatic carbocycles. The minimum Gasteiger partial charge on any atom is -0.326 e. The molecule has 0 unspecified atom stereocenters. The predicted molar refractivity (Wildman–Crippen MR) is 114 cm³/mol. The molecule has 2 aromatic carbocycles. The molecule has 5 rings (SSSR count). The Morgan fingerprint density at radius 2 is 1.84 bits per heavy atom. The molecule has 4 amide bonds. The Labute approximate surface area is 180 Å². The van der Waals surface area contributed by atoms with E-state index in [4.69, 9.17) is 0 Å². The summed E-state index contributed by atoms with van der Waals surface area (Å²) in [5.74, 6) is -0.981. The molecule has 2 aliphatic heterocycles. The minimum atomic E-state index is -0.316. The first kappa shape index (κ1) is 19.1. The van der Waals surface area contributed by atoms with E-state index in [1.54, 1.807) is 48.7 Å². The number of anilines is 2. The molecule has 0 saturated heterocycles. The van der Waals surface area contributed by atoms with Crippen molar-refractivity contribution in [1.29, 1.82) is 0 Å². The number of rotatable bonds is 5. The molecule has 3 heterocycles. The first-order valence-corrected chi connectivity index (χ1v) is 10.5. The minimum absolute atomic E-state index is 0.0878. The molecule has 0 atom stereocenters. The van der Waals surface area contributed by atoms with Crippen LogP contribution in [0.5, 0.6) is 0 Å². The SMILES string of the molecule is O=C1Cc2cc(C(=O)Nc3ncc(CCN4C(=O)c5ccccc5C4=O)s3)ccc2N1. The highest BCUT2D eigenvalue weighted by atomic mass is 32.1. The van der Waals surface area contributed by atoms with Crippen LogP contribution in [-0.2, 0) is 17.6 Å². The number of nitrogens with one attached hydrogen (secondary N) is 2. The molecule has 154 valence electrons. The van der Waals surface area contributed by atoms with E-state index in [0.717, 1.165) is 16.1 Å². The number of imide groups is 1. The van der Waals surface area contributed by atoms with Crippen molar-refractivity contribution in [1.82, 2.24) is 9.88 Å². The Hall–Kier alpha value is -3.85. The quantitative estimate of drug-likeness (QED) is 0.603. The third-order valence-corrected chi connectivity index (χ3v) is 6.20. The summed E-state index contributed by atoms with van der Waals surface area (Å²) < 4.78 is 0. The Balaban J connectivity index is 1.22. The smallest absolute Gasteiger partial charge is 0.261 e. The Kier molecular flexibility index (Phi) is 4.59. The molecule has 3 aromatic rings. The topological polar surface area (TPSA) is 108 Å². The molecule has 1 aromatic heterocycles. The van der Waals surface area contributed by atoms with E-state index in [-0.39, 0.29) is 36.6 Å². The maximum Gasteiger partial charge on any atom is 0.261 e. The van der Waals surface area contributed by atoms with Gasteiger partial charge in [-0.2, -0.15) is 0 Å². The largest absolute Gasteiger partial charge is 0.326 e. The monoisotopic (exact) mass is 432 g/mol. The summed E-state index contributed by atoms with van der Waals surface area (Å²) >= 11 is 1.29. The van der Waals surface area contributed by atoms with Crippen molar-refractivity contribution in [2.24, 2.45) is 0 Å². The fourth-order valence-electron chi connectivity index (χ4n) is 3.68. The second kappa shape index (κ2) is 7.44. The van der Waals surface area contributed by atoms with Crippen LogP contribution in [0.2, 0.25) is 0 Å². The summed E-state index contributed by atoms with van der Waals surface area (Å²) in [4.78, 5) is 55.2. The van der Waals surface area contributed by atoms with Gasteiger partial charge in [0.05, 0.1) is 17.5 Å². The van der Waals surface area contributed by atoms with Gasteiger partial charge in [-0.25, -0.2) is 4.98 Å². The van der Waals surface area contributed by atoms with E-state index in [9.17, 15) is 19.2 Å². The zero-order valence-electron chi connectivity index (χ0n) is 16.2. The lowest BCUT2D eigenvalue weighted by Gasteiger charge is -2.12. The van der Waals surface area contributed by atoms with Crippen LogP contribution in [-0.4, -0.2) is 40.1 Å². The maximum absolute atomic E-state index is 12.5. The number of hydrogen-bond donors (Lipinski definition) is 2. The lowest BCUT2D eigenvalue weighted by atomic mass is 10.1. The molecule has 8 nitrogen and oxygen atoms in total. The number of hydrogen-bond acceptors (Lipinski definition) is 6. The normalized spacial score (nSPS) is 14.5. The second-order valence-electron chi connectivity index (χ2n) is 7.24. The lowest BCUT2D eigenvalue weighted by Crippen LogP contribution is -2.31. The highest BCUT2D eigenvalue weighted by Crippen LogP contribution is 2.26. The summed E-state index contributed by atoms with van der Waals surface area (Å²) in [5, 5.41) is 5.92. The summed E-state index contributed by atoms with van der Waals surface area (Å²) in [6, 6.07) is 11.8. The Morgan fingerprint density at radius 3 is 2.58 bits per heavy atom. The second-order valence-corrected chi connectivity index (χ2v) is 8.36. The summed E-state index contributed by atoms with van der Waals surface area (Å²) in [5.41, 5.74) is 2.81. The third kappa shape index (κ3) is 3.49. The van der Waals surface area contributed by atoms with Crippen molar-refractivity contribution in [3.05, 3.63) is 75.8 Å². The van der Waals surface area contributed by atoms with E-state index in [1.807, 2.05) is 0 Å². The van der Waals surface area contributed by atoms with Crippen molar-refractivity contribution < 1.29 is 19.2 Å². The average molecular weight is 432 g/mol. The van der Waals surface area contributed by atoms with Gasteiger partial charge in [-0.05, 0) is 35.9 Å². The van der Waals surface area contributed by atoms with E-state index >= 15 is 0 Å². The van der Waals surface area contributed by atoms with Crippen molar-refractivity contribution in [3.63, 3.8) is 0 Å². The molecule has 0 bridgehead atoms. The lowest BCUT2D eigenvalue weighted by molar-refractivity contribution is -0.115. The molecule has 31 heavy (non-hydrogen) atoms. The molecular formula is C22H16N4O4S. The maximum atomic E-state index is 12.5. The summed E-state index contributed by atoms with van der Waals surface area (Å²) in [6.45, 7) is 0.244. The molecule has 2 aliphatic rings. The van der Waals surface area contributed by atoms with Gasteiger partial charge >= 0.3 is 0 Å². The number of carbonyl (C=O) groups excluding carboxylic acids is 4. The van der Waals surface area contributed by atoms with Gasteiger partial charge < -0.3 is 5.32 Å². The highest BCUT2D eigenvalue weighted by molar-refractivity contribution is 7.15. The van der Waals surface area contributed by atoms with Crippen LogP contribution >= 0.6 is 11.3 Å². The number of carbonyl (C=O) groups is 4. The Bertz CT molecular complexity index is 1230. The van der Waals surface area contributed by atoms with Crippen LogP contribution in [0.3, 0.4) is 0 Å². The molecule has 9 heteroatoms. The molecule has 0 radical (unpaired) electrons. The van der Waals surface area contributed by atoms with Gasteiger partial charge in [0.1, 0.15) is 0 Å². The van der Waals surface area contributed by atoms with E-state index < -0.39 is 0 Å². The van der Waals surface area contributed by atoms with Gasteiger partial charge in [0.2, 0.25) is 5.91 Å². The fourth-order valence-corrected chi connectivity index (χ4v) is 4.48. The van der Waals surface area contributed by atoms with Gasteiger partial charge in [0, 0.05) is 35.3 Å². The number of nitrogens with zero attached hydrogens (tertiary/aromatic N) is 2. The van der Waals surface area contributed by atoms with Crippen LogP contribution in [0.15, 0.2) is 48.7 Å². The molecule has 0 saturated carbocycles. The molecular weight excluding hydrogens is 416 g/mol. The predicted octanol–water partition coefficient (Wildman–Crippen LogP) is 2.73. The van der Waals surface area contributed by atoms with E-state index in [0.29, 0.717) is 28.2 Å². The van der Waals surface area contributed by atoms with Crippen LogP contribution in [0.4, 0.5) is 10.8 Å². The molecule has 0 spiro atoms. The van der Waals surface area contributed by atoms with E-state index in [1.165, 1.54) is 16.2 Å². The standard InChI is InChI=1S/C22H16N4O4S/c27-18-10-13-9-12(5-6-17(13)24-18)19(28)25-22-23-11-14(31-22)7-8-26-20(29)15-3-1-2-4-16(15)21(26)30/h1-6,9,11H,7-8,10H2,(H,24,27)(H,23,25,28). The number of aromatic nitrogens is 1. The van der Waals surface area contributed by atoms with Crippen molar-refractivity contribution in [2.45, 2.75) is 12.8 Å². The number of fused-ring (bicyclic) bond motifs is 2. The van der Waals surface area contributed by atoms with Gasteiger partial charge in [-0.1, -0.05) is 12.1 Å². The third-order valence-electron chi connectivity index (χ3n) is 5.23. The van der Waals surface area contributed by atoms with Crippen LogP contribution in [0.1, 0.15) is 41.5 Å². The highest BCUT2D eigenvalue weighted by Gasteiger charge is 2.34. The zero-order valence-corrected chi connectivity index (χ0v) is 17.0. The van der Waals surface area contributed by atoms with Gasteiger partial charge in [0.25, 0.3) is 17.7 Å². The fraction of sp³-hybridized carbons (Fsp3) is 0.136. The molecule has 0 fully saturated rings. The van der Waals surface area contributed by atoms with Crippen LogP contribution < -0.4 is 10.6 Å². The number of thiazole rings is 1. The summed E-state index contributed by atoms with van der Waals surface area (Å²) in [6.07, 6.45) is 2.34. The van der Waals surface area contributed by atoms with Crippen LogP contribution in [0, 0.1) is 0 Å². The Morgan fingerprint density at radius 1 is 1.10 bits per heavy atom. The van der Waals surface area contributed by atoms with Crippen molar-refractivity contribution in [3.8, 4) is 0 Å². The zero-order chi connectivity index (χ0) is 21.5. The first-order valence-electron chi connectivity index (χ1n) is 9.63. The number of amides is 4. The van der Waals surface area contributed by atoms with Gasteiger partial charge in [-0.3, -0.25) is 29.4 Å². The van der Waals surface area contributed by atoms with Crippen molar-refractivity contribution in [2.75, 3.05) is 17.2 Å². The van der Waals surface area contributed by atoms with Crippen LogP contribution in [0.25, 0.3) is 0 Å². The molecule has 2 N–H and O–H groups in total. The number of benzene rings is 2. The summed E-state index contributed by atoms with van der Waals surface area (Å²) in [7, 11) is 0. The van der Waals surface area contributed by atoms with Gasteiger partial charge in [-0.15, -0.1) is 11.3 Å².